The molecule has 0 aliphatic heterocycles. The summed E-state index contributed by atoms with van der Waals surface area (Å²) in [4.78, 5) is 28.0. The second-order valence-corrected chi connectivity index (χ2v) is 13.0. The third-order valence-corrected chi connectivity index (χ3v) is 7.52. The van der Waals surface area contributed by atoms with Crippen molar-refractivity contribution in [1.29, 1.82) is 0 Å². The molecule has 2 aromatic rings. The molecule has 0 spiro atoms. The minimum atomic E-state index is -4.87. The number of nitrogens with one attached hydrogen (secondary N) is 1. The Hall–Kier alpha value is -2.21. The molecule has 216 valence electrons. The fourth-order valence-corrected chi connectivity index (χ4v) is 5.24. The number of rotatable bonds is 9. The molecule has 14 heteroatoms. The van der Waals surface area contributed by atoms with Gasteiger partial charge in [0, 0.05) is 22.1 Å². The number of alkyl halides is 3. The Labute approximate surface area is 241 Å². The van der Waals surface area contributed by atoms with Crippen molar-refractivity contribution >= 4 is 62.3 Å². The second kappa shape index (κ2) is 12.5. The highest BCUT2D eigenvalue weighted by Crippen LogP contribution is 2.37. The van der Waals surface area contributed by atoms with Gasteiger partial charge in [0.1, 0.15) is 12.6 Å². The molecule has 39 heavy (non-hydrogen) atoms. The normalized spacial score (nSPS) is 13.1. The van der Waals surface area contributed by atoms with E-state index in [1.54, 1.807) is 33.8 Å². The number of benzene rings is 2. The number of anilines is 1. The Bertz CT molecular complexity index is 1330. The Morgan fingerprint density at radius 1 is 1.00 bits per heavy atom. The zero-order valence-electron chi connectivity index (χ0n) is 21.9. The van der Waals surface area contributed by atoms with E-state index in [4.69, 9.17) is 34.8 Å². The smallest absolute Gasteiger partial charge is 0.350 e. The molecule has 2 amide bonds. The van der Waals surface area contributed by atoms with Gasteiger partial charge in [-0.1, -0.05) is 47.8 Å². The summed E-state index contributed by atoms with van der Waals surface area (Å²) in [5.41, 5.74) is -1.90. The number of carbonyl (C=O) groups is 2. The highest BCUT2D eigenvalue weighted by atomic mass is 35.5. The van der Waals surface area contributed by atoms with Crippen LogP contribution < -0.4 is 9.62 Å². The molecule has 1 N–H and O–H groups in total. The van der Waals surface area contributed by atoms with Gasteiger partial charge in [-0.25, -0.2) is 8.42 Å². The van der Waals surface area contributed by atoms with Crippen LogP contribution in [0.15, 0.2) is 36.4 Å². The molecular weight excluding hydrogens is 602 g/mol. The summed E-state index contributed by atoms with van der Waals surface area (Å²) in [5.74, 6) is -1.34. The number of hydrogen-bond donors (Lipinski definition) is 1. The van der Waals surface area contributed by atoms with E-state index < -0.39 is 62.4 Å². The number of nitrogens with zero attached hydrogens (tertiary/aromatic N) is 2. The minimum absolute atomic E-state index is 0.150. The average Bonchev–Trinajstić information content (AvgIpc) is 2.76. The van der Waals surface area contributed by atoms with Crippen molar-refractivity contribution in [2.45, 2.75) is 58.4 Å². The lowest BCUT2D eigenvalue weighted by molar-refractivity contribution is -0.141. The summed E-state index contributed by atoms with van der Waals surface area (Å²) < 4.78 is 66.3. The first-order valence-electron chi connectivity index (χ1n) is 11.6. The summed E-state index contributed by atoms with van der Waals surface area (Å²) in [6, 6.07) is 6.02. The number of hydrogen-bond acceptors (Lipinski definition) is 4. The van der Waals surface area contributed by atoms with E-state index in [0.29, 0.717) is 21.0 Å². The van der Waals surface area contributed by atoms with Gasteiger partial charge in [-0.15, -0.1) is 0 Å². The predicted molar refractivity (Wildman–Crippen MR) is 148 cm³/mol. The minimum Gasteiger partial charge on any atom is -0.350 e. The van der Waals surface area contributed by atoms with Crippen LogP contribution in [0.1, 0.15) is 45.2 Å². The van der Waals surface area contributed by atoms with E-state index in [0.717, 1.165) is 23.3 Å². The van der Waals surface area contributed by atoms with E-state index in [-0.39, 0.29) is 18.0 Å². The third kappa shape index (κ3) is 9.16. The fourth-order valence-electron chi connectivity index (χ4n) is 3.71. The maximum absolute atomic E-state index is 13.7. The number of amides is 2. The Balaban J connectivity index is 2.58. The Kier molecular flexibility index (Phi) is 10.6. The van der Waals surface area contributed by atoms with Crippen LogP contribution in [0.4, 0.5) is 18.9 Å². The van der Waals surface area contributed by atoms with Crippen LogP contribution in [-0.4, -0.2) is 49.5 Å². The summed E-state index contributed by atoms with van der Waals surface area (Å²) in [6.45, 7) is 5.84. The topological polar surface area (TPSA) is 86.8 Å². The molecule has 0 heterocycles. The second-order valence-electron chi connectivity index (χ2n) is 9.85. The third-order valence-electron chi connectivity index (χ3n) is 5.46. The van der Waals surface area contributed by atoms with Gasteiger partial charge in [-0.3, -0.25) is 13.9 Å². The van der Waals surface area contributed by atoms with E-state index in [1.807, 2.05) is 0 Å². The first-order valence-corrected chi connectivity index (χ1v) is 14.6. The van der Waals surface area contributed by atoms with Crippen molar-refractivity contribution in [2.75, 3.05) is 17.1 Å². The quantitative estimate of drug-likeness (QED) is 0.360. The standard InChI is InChI=1S/C25H29Cl3F3N3O4S/c1-6-21(23(36)32-24(2,3)4)33(13-15-7-8-16(26)11-20(15)28)22(35)14-34(39(5,37)38)17-9-10-19(27)18(12-17)25(29,30)31/h7-12,21H,6,13-14H2,1-5H3,(H,32,36). The van der Waals surface area contributed by atoms with Crippen LogP contribution >= 0.6 is 34.8 Å². The molecule has 7 nitrogen and oxygen atoms in total. The number of carbonyl (C=O) groups excluding carboxylic acids is 2. The SMILES string of the molecule is CCC(C(=O)NC(C)(C)C)N(Cc1ccc(Cl)cc1Cl)C(=O)CN(c1ccc(Cl)c(C(F)(F)F)c1)S(C)(=O)=O. The van der Waals surface area contributed by atoms with Gasteiger partial charge in [0.05, 0.1) is 22.5 Å². The molecule has 0 bridgehead atoms. The molecule has 1 atom stereocenters. The summed E-state index contributed by atoms with van der Waals surface area (Å²) >= 11 is 18.0. The van der Waals surface area contributed by atoms with Crippen LogP contribution in [0.3, 0.4) is 0 Å². The summed E-state index contributed by atoms with van der Waals surface area (Å²) in [5, 5.41) is 2.72. The van der Waals surface area contributed by atoms with Gasteiger partial charge >= 0.3 is 6.18 Å². The zero-order valence-corrected chi connectivity index (χ0v) is 25.0. The van der Waals surface area contributed by atoms with Gasteiger partial charge in [0.15, 0.2) is 0 Å². The first-order chi connectivity index (χ1) is 17.7. The number of halogens is 6. The van der Waals surface area contributed by atoms with E-state index in [1.165, 1.54) is 12.1 Å². The monoisotopic (exact) mass is 629 g/mol. The van der Waals surface area contributed by atoms with Gasteiger partial charge in [0.2, 0.25) is 21.8 Å². The summed E-state index contributed by atoms with van der Waals surface area (Å²) in [7, 11) is -4.26. The van der Waals surface area contributed by atoms with Crippen LogP contribution in [0.5, 0.6) is 0 Å². The lowest BCUT2D eigenvalue weighted by atomic mass is 10.1. The highest BCUT2D eigenvalue weighted by Gasteiger charge is 2.36. The molecule has 0 saturated heterocycles. The molecule has 0 radical (unpaired) electrons. The van der Waals surface area contributed by atoms with Crippen molar-refractivity contribution in [1.82, 2.24) is 10.2 Å². The van der Waals surface area contributed by atoms with Crippen LogP contribution in [0.2, 0.25) is 15.1 Å². The van der Waals surface area contributed by atoms with Gasteiger partial charge < -0.3 is 10.2 Å². The van der Waals surface area contributed by atoms with Crippen molar-refractivity contribution in [3.05, 3.63) is 62.6 Å². The highest BCUT2D eigenvalue weighted by molar-refractivity contribution is 7.92. The molecular formula is C25H29Cl3F3N3O4S. The van der Waals surface area contributed by atoms with Crippen molar-refractivity contribution in [3.8, 4) is 0 Å². The van der Waals surface area contributed by atoms with Crippen LogP contribution in [0.25, 0.3) is 0 Å². The molecule has 0 saturated carbocycles. The van der Waals surface area contributed by atoms with Crippen molar-refractivity contribution in [2.24, 2.45) is 0 Å². The fraction of sp³-hybridized carbons (Fsp3) is 0.440. The van der Waals surface area contributed by atoms with Crippen molar-refractivity contribution < 1.29 is 31.2 Å². The van der Waals surface area contributed by atoms with E-state index in [2.05, 4.69) is 5.32 Å². The molecule has 0 aliphatic carbocycles. The lowest BCUT2D eigenvalue weighted by Gasteiger charge is -2.34. The molecule has 0 aliphatic rings. The van der Waals surface area contributed by atoms with Crippen LogP contribution in [0, 0.1) is 0 Å². The van der Waals surface area contributed by atoms with Gasteiger partial charge in [0.25, 0.3) is 0 Å². The number of sulfonamides is 1. The predicted octanol–water partition coefficient (Wildman–Crippen LogP) is 6.15. The first kappa shape index (κ1) is 33.0. The van der Waals surface area contributed by atoms with Crippen LogP contribution in [-0.2, 0) is 32.3 Å². The zero-order chi connectivity index (χ0) is 29.9. The molecule has 2 rings (SSSR count). The largest absolute Gasteiger partial charge is 0.417 e. The van der Waals surface area contributed by atoms with E-state index in [9.17, 15) is 31.2 Å². The van der Waals surface area contributed by atoms with Gasteiger partial charge in [-0.2, -0.15) is 13.2 Å². The molecule has 1 unspecified atom stereocenters. The lowest BCUT2D eigenvalue weighted by Crippen LogP contribution is -2.55. The average molecular weight is 631 g/mol. The van der Waals surface area contributed by atoms with Gasteiger partial charge in [-0.05, 0) is 63.1 Å². The molecule has 2 aromatic carbocycles. The summed E-state index contributed by atoms with van der Waals surface area (Å²) in [6.07, 6.45) is -3.96. The Morgan fingerprint density at radius 3 is 2.10 bits per heavy atom. The Morgan fingerprint density at radius 2 is 1.62 bits per heavy atom. The molecule has 0 fully saturated rings. The maximum Gasteiger partial charge on any atom is 0.417 e. The molecule has 0 aromatic heterocycles. The maximum atomic E-state index is 13.7. The van der Waals surface area contributed by atoms with Crippen molar-refractivity contribution in [3.63, 3.8) is 0 Å². The van der Waals surface area contributed by atoms with E-state index >= 15 is 0 Å².